The van der Waals surface area contributed by atoms with Gasteiger partial charge < -0.3 is 5.11 Å². The second-order valence-corrected chi connectivity index (χ2v) is 9.32. The Morgan fingerprint density at radius 2 is 1.25 bits per heavy atom. The first-order chi connectivity index (χ1) is 9.42. The molecule has 0 spiro atoms. The SMILES string of the molecule is CC(C)(O)C#C[Si](C)(c1ccccc1)c1ccccc1. The standard InChI is InChI=1S/C18H20OSi/c1-18(2,19)14-15-20(3,16-10-6-4-7-11-16)17-12-8-5-9-13-17/h4-13,19H,1-3H3. The van der Waals surface area contributed by atoms with E-state index in [-0.39, 0.29) is 0 Å². The minimum absolute atomic E-state index is 0.960. The fraction of sp³-hybridized carbons (Fsp3) is 0.222. The summed E-state index contributed by atoms with van der Waals surface area (Å²) in [5, 5.41) is 12.5. The first-order valence-corrected chi connectivity index (χ1v) is 9.29. The van der Waals surface area contributed by atoms with E-state index in [1.807, 2.05) is 12.1 Å². The monoisotopic (exact) mass is 280 g/mol. The largest absolute Gasteiger partial charge is 0.378 e. The highest BCUT2D eigenvalue weighted by Gasteiger charge is 2.30. The first kappa shape index (κ1) is 14.6. The fourth-order valence-electron chi connectivity index (χ4n) is 2.13. The van der Waals surface area contributed by atoms with Crippen LogP contribution in [0.15, 0.2) is 60.7 Å². The Kier molecular flexibility index (Phi) is 4.13. The molecule has 0 aliphatic heterocycles. The molecular weight excluding hydrogens is 260 g/mol. The van der Waals surface area contributed by atoms with Crippen LogP contribution in [0.5, 0.6) is 0 Å². The lowest BCUT2D eigenvalue weighted by Gasteiger charge is -2.23. The molecule has 2 aromatic carbocycles. The van der Waals surface area contributed by atoms with Crippen LogP contribution in [0.2, 0.25) is 6.55 Å². The number of rotatable bonds is 2. The van der Waals surface area contributed by atoms with Crippen molar-refractivity contribution in [2.45, 2.75) is 26.0 Å². The van der Waals surface area contributed by atoms with Gasteiger partial charge in [0.2, 0.25) is 0 Å². The Labute approximate surface area is 122 Å². The first-order valence-electron chi connectivity index (χ1n) is 6.79. The topological polar surface area (TPSA) is 20.2 Å². The van der Waals surface area contributed by atoms with E-state index in [1.165, 1.54) is 10.4 Å². The van der Waals surface area contributed by atoms with E-state index in [9.17, 15) is 5.11 Å². The summed E-state index contributed by atoms with van der Waals surface area (Å²) >= 11 is 0. The van der Waals surface area contributed by atoms with Crippen molar-refractivity contribution in [2.75, 3.05) is 0 Å². The van der Waals surface area contributed by atoms with E-state index in [2.05, 4.69) is 66.5 Å². The molecule has 2 rings (SSSR count). The van der Waals surface area contributed by atoms with E-state index in [0.29, 0.717) is 0 Å². The third-order valence-corrected chi connectivity index (χ3v) is 6.92. The van der Waals surface area contributed by atoms with E-state index in [1.54, 1.807) is 13.8 Å². The zero-order valence-electron chi connectivity index (χ0n) is 12.2. The highest BCUT2D eigenvalue weighted by Crippen LogP contribution is 2.06. The molecule has 0 saturated carbocycles. The van der Waals surface area contributed by atoms with E-state index in [4.69, 9.17) is 0 Å². The van der Waals surface area contributed by atoms with Crippen LogP contribution in [0.1, 0.15) is 13.8 Å². The molecule has 0 amide bonds. The zero-order valence-corrected chi connectivity index (χ0v) is 13.2. The average molecular weight is 280 g/mol. The maximum atomic E-state index is 9.92. The molecule has 0 aromatic heterocycles. The number of hydrogen-bond acceptors (Lipinski definition) is 1. The number of aliphatic hydroxyl groups is 1. The summed E-state index contributed by atoms with van der Waals surface area (Å²) in [6.07, 6.45) is 0. The molecule has 0 aliphatic carbocycles. The van der Waals surface area contributed by atoms with Crippen LogP contribution < -0.4 is 10.4 Å². The molecular formula is C18H20OSi. The molecule has 0 saturated heterocycles. The van der Waals surface area contributed by atoms with Crippen LogP contribution in [0.4, 0.5) is 0 Å². The Balaban J connectivity index is 2.58. The van der Waals surface area contributed by atoms with Gasteiger partial charge in [0, 0.05) is 0 Å². The van der Waals surface area contributed by atoms with Gasteiger partial charge in [-0.25, -0.2) is 0 Å². The Hall–Kier alpha value is -1.82. The molecule has 0 atom stereocenters. The van der Waals surface area contributed by atoms with Gasteiger partial charge in [-0.2, -0.15) is 0 Å². The molecule has 2 aromatic rings. The molecule has 102 valence electrons. The van der Waals surface area contributed by atoms with Gasteiger partial charge in [0.25, 0.3) is 0 Å². The Bertz CT molecular complexity index is 576. The van der Waals surface area contributed by atoms with Crippen molar-refractivity contribution in [3.8, 4) is 11.5 Å². The summed E-state index contributed by atoms with van der Waals surface area (Å²) in [5.41, 5.74) is 2.45. The van der Waals surface area contributed by atoms with E-state index < -0.39 is 13.7 Å². The van der Waals surface area contributed by atoms with E-state index in [0.717, 1.165) is 0 Å². The molecule has 0 aliphatic rings. The Morgan fingerprint density at radius 3 is 1.60 bits per heavy atom. The lowest BCUT2D eigenvalue weighted by Crippen LogP contribution is -2.55. The second-order valence-electron chi connectivity index (χ2n) is 5.67. The molecule has 0 fully saturated rings. The van der Waals surface area contributed by atoms with Crippen molar-refractivity contribution in [2.24, 2.45) is 0 Å². The van der Waals surface area contributed by atoms with Gasteiger partial charge >= 0.3 is 0 Å². The predicted molar refractivity (Wildman–Crippen MR) is 87.8 cm³/mol. The quantitative estimate of drug-likeness (QED) is 0.660. The highest BCUT2D eigenvalue weighted by atomic mass is 28.3. The molecule has 0 bridgehead atoms. The van der Waals surface area contributed by atoms with Gasteiger partial charge in [0.1, 0.15) is 5.60 Å². The van der Waals surface area contributed by atoms with Crippen LogP contribution >= 0.6 is 0 Å². The average Bonchev–Trinajstić information content (AvgIpc) is 2.46. The summed E-state index contributed by atoms with van der Waals surface area (Å²) in [6.45, 7) is 5.69. The molecule has 1 N–H and O–H groups in total. The van der Waals surface area contributed by atoms with Crippen molar-refractivity contribution in [3.63, 3.8) is 0 Å². The highest BCUT2D eigenvalue weighted by molar-refractivity contribution is 7.07. The van der Waals surface area contributed by atoms with Crippen molar-refractivity contribution in [3.05, 3.63) is 60.7 Å². The van der Waals surface area contributed by atoms with Crippen molar-refractivity contribution in [1.29, 1.82) is 0 Å². The van der Waals surface area contributed by atoms with Gasteiger partial charge in [0.05, 0.1) is 0 Å². The summed E-state index contributed by atoms with van der Waals surface area (Å²) in [6, 6.07) is 20.8. The summed E-state index contributed by atoms with van der Waals surface area (Å²) < 4.78 is 0. The van der Waals surface area contributed by atoms with Gasteiger partial charge in [-0.3, -0.25) is 0 Å². The Morgan fingerprint density at radius 1 is 0.850 bits per heavy atom. The molecule has 0 heterocycles. The van der Waals surface area contributed by atoms with Crippen LogP contribution in [-0.2, 0) is 0 Å². The van der Waals surface area contributed by atoms with Crippen LogP contribution in [0.25, 0.3) is 0 Å². The van der Waals surface area contributed by atoms with Crippen molar-refractivity contribution in [1.82, 2.24) is 0 Å². The van der Waals surface area contributed by atoms with Gasteiger partial charge in [-0.15, -0.1) is 5.54 Å². The molecule has 0 unspecified atom stereocenters. The number of benzene rings is 2. The third-order valence-electron chi connectivity index (χ3n) is 3.32. The third kappa shape index (κ3) is 3.39. The van der Waals surface area contributed by atoms with Gasteiger partial charge in [-0.1, -0.05) is 73.1 Å². The van der Waals surface area contributed by atoms with Crippen molar-refractivity contribution >= 4 is 18.4 Å². The maximum Gasteiger partial charge on any atom is 0.196 e. The minimum atomic E-state index is -2.13. The van der Waals surface area contributed by atoms with Gasteiger partial charge in [0.15, 0.2) is 8.07 Å². The van der Waals surface area contributed by atoms with Crippen LogP contribution in [0, 0.1) is 11.5 Å². The minimum Gasteiger partial charge on any atom is -0.378 e. The summed E-state index contributed by atoms with van der Waals surface area (Å²) in [4.78, 5) is 0. The summed E-state index contributed by atoms with van der Waals surface area (Å²) in [5.74, 6) is 3.03. The lowest BCUT2D eigenvalue weighted by molar-refractivity contribution is 0.143. The smallest absolute Gasteiger partial charge is 0.196 e. The molecule has 0 radical (unpaired) electrons. The lowest BCUT2D eigenvalue weighted by atomic mass is 10.2. The van der Waals surface area contributed by atoms with Crippen LogP contribution in [-0.4, -0.2) is 18.8 Å². The number of hydrogen-bond donors (Lipinski definition) is 1. The fourth-order valence-corrected chi connectivity index (χ4v) is 5.03. The van der Waals surface area contributed by atoms with Crippen molar-refractivity contribution < 1.29 is 5.11 Å². The zero-order chi connectivity index (χ0) is 14.6. The second kappa shape index (κ2) is 5.66. The molecule has 1 nitrogen and oxygen atoms in total. The normalized spacial score (nSPS) is 11.6. The molecule has 20 heavy (non-hydrogen) atoms. The van der Waals surface area contributed by atoms with Gasteiger partial charge in [-0.05, 0) is 24.2 Å². The van der Waals surface area contributed by atoms with E-state index >= 15 is 0 Å². The maximum absolute atomic E-state index is 9.92. The molecule has 2 heteroatoms. The summed E-state index contributed by atoms with van der Waals surface area (Å²) in [7, 11) is -2.13. The predicted octanol–water partition coefficient (Wildman–Crippen LogP) is 2.19. The van der Waals surface area contributed by atoms with Crippen LogP contribution in [0.3, 0.4) is 0 Å².